The van der Waals surface area contributed by atoms with Gasteiger partial charge in [0.15, 0.2) is 0 Å². The number of aliphatic hydroxyl groups excluding tert-OH is 1. The molecule has 0 fully saturated rings. The highest BCUT2D eigenvalue weighted by Crippen LogP contribution is 2.17. The summed E-state index contributed by atoms with van der Waals surface area (Å²) >= 11 is 0. The Morgan fingerprint density at radius 1 is 1.36 bits per heavy atom. The Labute approximate surface area is 84.2 Å². The van der Waals surface area contributed by atoms with E-state index in [2.05, 4.69) is 0 Å². The normalized spacial score (nSPS) is 12.6. The highest BCUT2D eigenvalue weighted by molar-refractivity contribution is 6.58. The number of benzene rings is 1. The summed E-state index contributed by atoms with van der Waals surface area (Å²) in [4.78, 5) is 0. The van der Waals surface area contributed by atoms with E-state index in [-0.39, 0.29) is 12.5 Å². The van der Waals surface area contributed by atoms with Gasteiger partial charge in [-0.2, -0.15) is 0 Å². The topological polar surface area (TPSA) is 60.7 Å². The summed E-state index contributed by atoms with van der Waals surface area (Å²) in [6.45, 7) is 3.92. The van der Waals surface area contributed by atoms with Gasteiger partial charge in [-0.25, -0.2) is 0 Å². The zero-order chi connectivity index (χ0) is 10.7. The molecule has 1 unspecified atom stereocenters. The summed E-state index contributed by atoms with van der Waals surface area (Å²) in [5, 5.41) is 26.9. The summed E-state index contributed by atoms with van der Waals surface area (Å²) in [7, 11) is -1.42. The molecule has 0 heterocycles. The average Bonchev–Trinajstić information content (AvgIpc) is 2.16. The van der Waals surface area contributed by atoms with E-state index in [1.54, 1.807) is 12.1 Å². The third-order valence-electron chi connectivity index (χ3n) is 2.40. The zero-order valence-electron chi connectivity index (χ0n) is 8.44. The second-order valence-electron chi connectivity index (χ2n) is 3.57. The molecule has 0 saturated heterocycles. The number of aryl methyl sites for hydroxylation is 1. The average molecular weight is 194 g/mol. The van der Waals surface area contributed by atoms with E-state index in [0.717, 1.165) is 11.1 Å². The van der Waals surface area contributed by atoms with Crippen molar-refractivity contribution in [3.63, 3.8) is 0 Å². The van der Waals surface area contributed by atoms with Gasteiger partial charge >= 0.3 is 7.12 Å². The SMILES string of the molecule is Cc1cc(B(O)O)ccc1C(C)CO. The molecule has 3 nitrogen and oxygen atoms in total. The lowest BCUT2D eigenvalue weighted by Crippen LogP contribution is -2.30. The molecule has 76 valence electrons. The molecule has 0 bridgehead atoms. The van der Waals surface area contributed by atoms with Crippen LogP contribution < -0.4 is 5.46 Å². The molecular formula is C10H15BO3. The number of aliphatic hydroxyl groups is 1. The van der Waals surface area contributed by atoms with Gasteiger partial charge in [-0.3, -0.25) is 0 Å². The molecule has 0 amide bonds. The first-order valence-electron chi connectivity index (χ1n) is 4.63. The van der Waals surface area contributed by atoms with Crippen LogP contribution in [0, 0.1) is 6.92 Å². The van der Waals surface area contributed by atoms with E-state index in [1.165, 1.54) is 0 Å². The van der Waals surface area contributed by atoms with Gasteiger partial charge in [-0.1, -0.05) is 25.1 Å². The Morgan fingerprint density at radius 3 is 2.43 bits per heavy atom. The molecule has 1 atom stereocenters. The predicted molar refractivity (Wildman–Crippen MR) is 56.5 cm³/mol. The molecule has 0 radical (unpaired) electrons. The van der Waals surface area contributed by atoms with E-state index in [0.29, 0.717) is 5.46 Å². The van der Waals surface area contributed by atoms with E-state index in [4.69, 9.17) is 15.2 Å². The van der Waals surface area contributed by atoms with Crippen LogP contribution in [0.2, 0.25) is 0 Å². The zero-order valence-corrected chi connectivity index (χ0v) is 8.44. The summed E-state index contributed by atoms with van der Waals surface area (Å²) < 4.78 is 0. The van der Waals surface area contributed by atoms with Crippen LogP contribution in [0.4, 0.5) is 0 Å². The maximum absolute atomic E-state index is 8.99. The molecule has 0 aliphatic carbocycles. The lowest BCUT2D eigenvalue weighted by atomic mass is 9.78. The maximum atomic E-state index is 8.99. The van der Waals surface area contributed by atoms with Crippen molar-refractivity contribution in [1.29, 1.82) is 0 Å². The highest BCUT2D eigenvalue weighted by atomic mass is 16.4. The van der Waals surface area contributed by atoms with Gasteiger partial charge in [0.1, 0.15) is 0 Å². The summed E-state index contributed by atoms with van der Waals surface area (Å²) in [6.07, 6.45) is 0. The van der Waals surface area contributed by atoms with Crippen molar-refractivity contribution in [2.45, 2.75) is 19.8 Å². The molecule has 3 N–H and O–H groups in total. The van der Waals surface area contributed by atoms with Gasteiger partial charge in [0.05, 0.1) is 0 Å². The second kappa shape index (κ2) is 4.60. The lowest BCUT2D eigenvalue weighted by molar-refractivity contribution is 0.273. The molecule has 0 spiro atoms. The van der Waals surface area contributed by atoms with E-state index >= 15 is 0 Å². The van der Waals surface area contributed by atoms with Crippen molar-refractivity contribution >= 4 is 12.6 Å². The van der Waals surface area contributed by atoms with E-state index in [9.17, 15) is 0 Å². The Morgan fingerprint density at radius 2 is 2.00 bits per heavy atom. The fourth-order valence-electron chi connectivity index (χ4n) is 1.51. The van der Waals surface area contributed by atoms with Crippen LogP contribution in [0.25, 0.3) is 0 Å². The maximum Gasteiger partial charge on any atom is 0.488 e. The minimum absolute atomic E-state index is 0.0832. The Balaban J connectivity index is 3.01. The van der Waals surface area contributed by atoms with Gasteiger partial charge in [-0.05, 0) is 23.5 Å². The number of hydrogen-bond donors (Lipinski definition) is 3. The van der Waals surface area contributed by atoms with Crippen molar-refractivity contribution in [3.8, 4) is 0 Å². The minimum Gasteiger partial charge on any atom is -0.423 e. The molecule has 4 heteroatoms. The molecular weight excluding hydrogens is 179 g/mol. The molecule has 0 saturated carbocycles. The standard InChI is InChI=1S/C10H15BO3/c1-7-5-9(11(13)14)3-4-10(7)8(2)6-12/h3-5,8,12-14H,6H2,1-2H3. The van der Waals surface area contributed by atoms with Crippen molar-refractivity contribution in [2.24, 2.45) is 0 Å². The van der Waals surface area contributed by atoms with Crippen LogP contribution in [0.5, 0.6) is 0 Å². The first-order chi connectivity index (χ1) is 6.56. The molecule has 0 aromatic heterocycles. The van der Waals surface area contributed by atoms with Crippen molar-refractivity contribution in [2.75, 3.05) is 6.61 Å². The van der Waals surface area contributed by atoms with Crippen LogP contribution in [-0.4, -0.2) is 28.9 Å². The van der Waals surface area contributed by atoms with Crippen LogP contribution in [0.1, 0.15) is 24.0 Å². The fourth-order valence-corrected chi connectivity index (χ4v) is 1.51. The van der Waals surface area contributed by atoms with Crippen molar-refractivity contribution in [3.05, 3.63) is 29.3 Å². The highest BCUT2D eigenvalue weighted by Gasteiger charge is 2.13. The van der Waals surface area contributed by atoms with Gasteiger partial charge in [-0.15, -0.1) is 0 Å². The van der Waals surface area contributed by atoms with Crippen molar-refractivity contribution < 1.29 is 15.2 Å². The monoisotopic (exact) mass is 194 g/mol. The van der Waals surface area contributed by atoms with E-state index in [1.807, 2.05) is 19.9 Å². The quantitative estimate of drug-likeness (QED) is 0.582. The van der Waals surface area contributed by atoms with Gasteiger partial charge in [0.2, 0.25) is 0 Å². The summed E-state index contributed by atoms with van der Waals surface area (Å²) in [6, 6.07) is 5.22. The molecule has 1 rings (SSSR count). The number of hydrogen-bond acceptors (Lipinski definition) is 3. The Kier molecular flexibility index (Phi) is 3.69. The van der Waals surface area contributed by atoms with Gasteiger partial charge in [0.25, 0.3) is 0 Å². The molecule has 14 heavy (non-hydrogen) atoms. The first kappa shape index (κ1) is 11.2. The van der Waals surface area contributed by atoms with Gasteiger partial charge < -0.3 is 15.2 Å². The van der Waals surface area contributed by atoms with Crippen LogP contribution in [-0.2, 0) is 0 Å². The molecule has 1 aromatic rings. The smallest absolute Gasteiger partial charge is 0.423 e. The molecule has 1 aromatic carbocycles. The molecule has 0 aliphatic heterocycles. The van der Waals surface area contributed by atoms with Crippen LogP contribution >= 0.6 is 0 Å². The first-order valence-corrected chi connectivity index (χ1v) is 4.63. The fraction of sp³-hybridized carbons (Fsp3) is 0.400. The summed E-state index contributed by atoms with van der Waals surface area (Å²) in [5.41, 5.74) is 2.49. The summed E-state index contributed by atoms with van der Waals surface area (Å²) in [5.74, 6) is 0.0832. The van der Waals surface area contributed by atoms with Crippen LogP contribution in [0.15, 0.2) is 18.2 Å². The number of rotatable bonds is 3. The van der Waals surface area contributed by atoms with Crippen molar-refractivity contribution in [1.82, 2.24) is 0 Å². The molecule has 0 aliphatic rings. The Hall–Kier alpha value is -0.835. The van der Waals surface area contributed by atoms with E-state index < -0.39 is 7.12 Å². The second-order valence-corrected chi connectivity index (χ2v) is 3.57. The largest absolute Gasteiger partial charge is 0.488 e. The predicted octanol–water partition coefficient (Wildman–Crippen LogP) is -0.229. The lowest BCUT2D eigenvalue weighted by Gasteiger charge is -2.13. The Bertz CT molecular complexity index is 312. The van der Waals surface area contributed by atoms with Crippen LogP contribution in [0.3, 0.4) is 0 Å². The third-order valence-corrected chi connectivity index (χ3v) is 2.40. The van der Waals surface area contributed by atoms with Gasteiger partial charge in [0, 0.05) is 12.5 Å². The minimum atomic E-state index is -1.42. The third kappa shape index (κ3) is 2.35.